The summed E-state index contributed by atoms with van der Waals surface area (Å²) < 4.78 is 28.3. The van der Waals surface area contributed by atoms with E-state index in [-0.39, 0.29) is 16.8 Å². The molecule has 0 atom stereocenters. The number of nitrogens with one attached hydrogen (secondary N) is 1. The van der Waals surface area contributed by atoms with Crippen LogP contribution in [0.15, 0.2) is 77.7 Å². The Labute approximate surface area is 183 Å². The fourth-order valence-corrected chi connectivity index (χ4v) is 4.66. The minimum Gasteiger partial charge on any atom is -0.331 e. The number of amides is 1. The van der Waals surface area contributed by atoms with Crippen molar-refractivity contribution in [3.8, 4) is 0 Å². The first-order valence-electron chi connectivity index (χ1n) is 10.4. The van der Waals surface area contributed by atoms with E-state index >= 15 is 0 Å². The average Bonchev–Trinajstić information content (AvgIpc) is 3.61. The van der Waals surface area contributed by atoms with Gasteiger partial charge in [0.15, 0.2) is 0 Å². The minimum absolute atomic E-state index is 0.0715. The van der Waals surface area contributed by atoms with Gasteiger partial charge >= 0.3 is 0 Å². The van der Waals surface area contributed by atoms with E-state index in [9.17, 15) is 13.2 Å². The minimum atomic E-state index is -3.74. The highest BCUT2D eigenvalue weighted by Gasteiger charge is 2.33. The number of carbonyl (C=O) groups excluding carboxylic acids is 1. The molecule has 0 radical (unpaired) electrons. The Morgan fingerprint density at radius 3 is 2.26 bits per heavy atom. The Bertz CT molecular complexity index is 1190. The summed E-state index contributed by atoms with van der Waals surface area (Å²) in [6, 6.07) is 21.9. The molecule has 6 heteroatoms. The largest absolute Gasteiger partial charge is 0.331 e. The van der Waals surface area contributed by atoms with Crippen LogP contribution in [0.3, 0.4) is 0 Å². The molecule has 0 saturated heterocycles. The summed E-state index contributed by atoms with van der Waals surface area (Å²) in [5.74, 6) is -0.0715. The van der Waals surface area contributed by atoms with Crippen LogP contribution in [0.1, 0.15) is 39.9 Å². The van der Waals surface area contributed by atoms with Gasteiger partial charge in [-0.2, -0.15) is 0 Å². The number of hydrogen-bond donors (Lipinski definition) is 1. The lowest BCUT2D eigenvalue weighted by atomic mass is 10.1. The second-order valence-electron chi connectivity index (χ2n) is 8.03. The van der Waals surface area contributed by atoms with Crippen LogP contribution in [0, 0.1) is 13.8 Å². The lowest BCUT2D eigenvalue weighted by Crippen LogP contribution is -2.32. The zero-order chi connectivity index (χ0) is 22.0. The predicted molar refractivity (Wildman–Crippen MR) is 123 cm³/mol. The molecule has 0 spiro atoms. The first-order chi connectivity index (χ1) is 14.8. The number of sulfonamides is 1. The predicted octanol–water partition coefficient (Wildman–Crippen LogP) is 4.91. The molecule has 1 amide bonds. The van der Waals surface area contributed by atoms with Gasteiger partial charge in [-0.05, 0) is 73.7 Å². The third kappa shape index (κ3) is 4.80. The molecule has 31 heavy (non-hydrogen) atoms. The third-order valence-electron chi connectivity index (χ3n) is 5.70. The summed E-state index contributed by atoms with van der Waals surface area (Å²) >= 11 is 0. The van der Waals surface area contributed by atoms with Gasteiger partial charge in [0.05, 0.1) is 10.6 Å². The SMILES string of the molecule is Cc1cccc(NS(=O)(=O)c2ccc(C(=O)N(Cc3ccccc3)C3CC3)cc2)c1C. The lowest BCUT2D eigenvalue weighted by molar-refractivity contribution is 0.0730. The maximum atomic E-state index is 13.1. The van der Waals surface area contributed by atoms with E-state index in [4.69, 9.17) is 0 Å². The van der Waals surface area contributed by atoms with Crippen molar-refractivity contribution >= 4 is 21.6 Å². The van der Waals surface area contributed by atoms with E-state index < -0.39 is 10.0 Å². The zero-order valence-electron chi connectivity index (χ0n) is 17.7. The van der Waals surface area contributed by atoms with Gasteiger partial charge < -0.3 is 4.90 Å². The molecule has 1 saturated carbocycles. The second kappa shape index (κ2) is 8.55. The number of anilines is 1. The van der Waals surface area contributed by atoms with E-state index in [1.54, 1.807) is 18.2 Å². The quantitative estimate of drug-likeness (QED) is 0.575. The van der Waals surface area contributed by atoms with Gasteiger partial charge in [0.25, 0.3) is 15.9 Å². The Balaban J connectivity index is 1.52. The van der Waals surface area contributed by atoms with Gasteiger partial charge in [0.1, 0.15) is 0 Å². The number of benzene rings is 3. The van der Waals surface area contributed by atoms with Crippen LogP contribution < -0.4 is 4.72 Å². The van der Waals surface area contributed by atoms with E-state index in [1.165, 1.54) is 12.1 Å². The van der Waals surface area contributed by atoms with Crippen LogP contribution in [-0.2, 0) is 16.6 Å². The van der Waals surface area contributed by atoms with Gasteiger partial charge in [0.2, 0.25) is 0 Å². The molecule has 1 N–H and O–H groups in total. The first kappa shape index (κ1) is 21.1. The van der Waals surface area contributed by atoms with Gasteiger partial charge in [0, 0.05) is 18.2 Å². The van der Waals surface area contributed by atoms with Crippen molar-refractivity contribution in [3.05, 3.63) is 95.1 Å². The molecule has 3 aromatic rings. The molecule has 1 aliphatic carbocycles. The molecule has 0 aromatic heterocycles. The van der Waals surface area contributed by atoms with E-state index in [0.29, 0.717) is 17.8 Å². The molecule has 160 valence electrons. The van der Waals surface area contributed by atoms with Crippen molar-refractivity contribution in [1.29, 1.82) is 0 Å². The van der Waals surface area contributed by atoms with Crippen LogP contribution in [0.5, 0.6) is 0 Å². The summed E-state index contributed by atoms with van der Waals surface area (Å²) in [7, 11) is -3.74. The number of nitrogens with zero attached hydrogens (tertiary/aromatic N) is 1. The molecule has 0 unspecified atom stereocenters. The molecule has 3 aromatic carbocycles. The number of hydrogen-bond acceptors (Lipinski definition) is 3. The van der Waals surface area contributed by atoms with Gasteiger partial charge in [-0.3, -0.25) is 9.52 Å². The van der Waals surface area contributed by atoms with Crippen LogP contribution in [-0.4, -0.2) is 25.3 Å². The van der Waals surface area contributed by atoms with Crippen LogP contribution in [0.2, 0.25) is 0 Å². The number of carbonyl (C=O) groups is 1. The summed E-state index contributed by atoms with van der Waals surface area (Å²) in [5, 5.41) is 0. The fourth-order valence-electron chi connectivity index (χ4n) is 3.54. The lowest BCUT2D eigenvalue weighted by Gasteiger charge is -2.23. The van der Waals surface area contributed by atoms with Crippen molar-refractivity contribution in [2.75, 3.05) is 4.72 Å². The van der Waals surface area contributed by atoms with E-state index in [0.717, 1.165) is 29.5 Å². The maximum Gasteiger partial charge on any atom is 0.261 e. The van der Waals surface area contributed by atoms with Crippen LogP contribution in [0.25, 0.3) is 0 Å². The highest BCUT2D eigenvalue weighted by Crippen LogP contribution is 2.30. The monoisotopic (exact) mass is 434 g/mol. The average molecular weight is 435 g/mol. The molecule has 5 nitrogen and oxygen atoms in total. The summed E-state index contributed by atoms with van der Waals surface area (Å²) in [4.78, 5) is 15.1. The van der Waals surface area contributed by atoms with Crippen molar-refractivity contribution in [1.82, 2.24) is 4.90 Å². The van der Waals surface area contributed by atoms with E-state index in [2.05, 4.69) is 4.72 Å². The van der Waals surface area contributed by atoms with Crippen molar-refractivity contribution in [3.63, 3.8) is 0 Å². The Morgan fingerprint density at radius 1 is 0.935 bits per heavy atom. The molecule has 1 aliphatic rings. The molecular weight excluding hydrogens is 408 g/mol. The normalized spacial score (nSPS) is 13.6. The standard InChI is InChI=1S/C25H26N2O3S/c1-18-7-6-10-24(19(18)2)26-31(29,30)23-15-11-21(12-16-23)25(28)27(22-13-14-22)17-20-8-4-3-5-9-20/h3-12,15-16,22,26H,13-14,17H2,1-2H3. The molecule has 0 bridgehead atoms. The highest BCUT2D eigenvalue weighted by molar-refractivity contribution is 7.92. The smallest absolute Gasteiger partial charge is 0.261 e. The summed E-state index contributed by atoms with van der Waals surface area (Å²) in [5.41, 5.74) is 4.04. The maximum absolute atomic E-state index is 13.1. The fraction of sp³-hybridized carbons (Fsp3) is 0.240. The summed E-state index contributed by atoms with van der Waals surface area (Å²) in [6.07, 6.45) is 2.01. The van der Waals surface area contributed by atoms with Crippen LogP contribution >= 0.6 is 0 Å². The Kier molecular flexibility index (Phi) is 5.83. The summed E-state index contributed by atoms with van der Waals surface area (Å²) in [6.45, 7) is 4.38. The molecule has 0 aliphatic heterocycles. The number of rotatable bonds is 7. The topological polar surface area (TPSA) is 66.5 Å². The van der Waals surface area contributed by atoms with Crippen molar-refractivity contribution < 1.29 is 13.2 Å². The van der Waals surface area contributed by atoms with Gasteiger partial charge in [-0.1, -0.05) is 42.5 Å². The van der Waals surface area contributed by atoms with Crippen molar-refractivity contribution in [2.24, 2.45) is 0 Å². The van der Waals surface area contributed by atoms with Crippen LogP contribution in [0.4, 0.5) is 5.69 Å². The Morgan fingerprint density at radius 2 is 1.61 bits per heavy atom. The first-order valence-corrected chi connectivity index (χ1v) is 11.9. The molecular formula is C25H26N2O3S. The van der Waals surface area contributed by atoms with Gasteiger partial charge in [-0.25, -0.2) is 8.42 Å². The molecule has 0 heterocycles. The van der Waals surface area contributed by atoms with Crippen molar-refractivity contribution in [2.45, 2.75) is 44.2 Å². The molecule has 1 fully saturated rings. The highest BCUT2D eigenvalue weighted by atomic mass is 32.2. The third-order valence-corrected chi connectivity index (χ3v) is 7.09. The zero-order valence-corrected chi connectivity index (χ0v) is 18.5. The number of aryl methyl sites for hydroxylation is 1. The second-order valence-corrected chi connectivity index (χ2v) is 9.71. The van der Waals surface area contributed by atoms with Gasteiger partial charge in [-0.15, -0.1) is 0 Å². The van der Waals surface area contributed by atoms with E-state index in [1.807, 2.05) is 61.2 Å². The Hall–Kier alpha value is -3.12. The molecule has 4 rings (SSSR count).